The number of imide groups is 1. The first-order valence-corrected chi connectivity index (χ1v) is 7.61. The predicted octanol–water partition coefficient (Wildman–Crippen LogP) is 0.694. The van der Waals surface area contributed by atoms with Crippen LogP contribution in [0.4, 0.5) is 4.79 Å². The Balaban J connectivity index is 1.56. The lowest BCUT2D eigenvalue weighted by molar-refractivity contribution is -0.137. The molecule has 0 aromatic rings. The number of carbonyl (C=O) groups excluding carboxylic acids is 2. The summed E-state index contributed by atoms with van der Waals surface area (Å²) in [4.78, 5) is 35.9. The van der Waals surface area contributed by atoms with Gasteiger partial charge in [-0.1, -0.05) is 0 Å². The quantitative estimate of drug-likeness (QED) is 0.601. The molecule has 3 N–H and O–H groups in total. The summed E-state index contributed by atoms with van der Waals surface area (Å²) in [7, 11) is 0. The molecule has 1 aliphatic carbocycles. The van der Waals surface area contributed by atoms with Crippen LogP contribution in [0.25, 0.3) is 0 Å². The average Bonchev–Trinajstić information content (AvgIpc) is 3.16. The molecular weight excluding hydrogens is 274 g/mol. The number of unbranched alkanes of at least 4 members (excludes halogenated alkanes) is 1. The van der Waals surface area contributed by atoms with E-state index in [1.807, 2.05) is 0 Å². The highest BCUT2D eigenvalue weighted by Gasteiger charge is 2.34. The maximum Gasteiger partial charge on any atom is 0.321 e. The van der Waals surface area contributed by atoms with Crippen molar-refractivity contribution >= 4 is 17.9 Å². The van der Waals surface area contributed by atoms with Crippen LogP contribution in [0.2, 0.25) is 0 Å². The number of hydrogen-bond acceptors (Lipinski definition) is 4. The highest BCUT2D eigenvalue weighted by atomic mass is 16.4. The first-order chi connectivity index (χ1) is 10.0. The van der Waals surface area contributed by atoms with Crippen molar-refractivity contribution in [2.24, 2.45) is 0 Å². The SMILES string of the molecule is O=C(O)CCCCC(=O)NC(=O)NC1CCN(C2CC2)C1. The number of carboxylic acid groups (broad SMARTS) is 1. The van der Waals surface area contributed by atoms with E-state index in [4.69, 9.17) is 5.11 Å². The van der Waals surface area contributed by atoms with Gasteiger partial charge in [-0.05, 0) is 32.1 Å². The maximum atomic E-state index is 11.7. The molecule has 2 aliphatic rings. The molecule has 1 heterocycles. The summed E-state index contributed by atoms with van der Waals surface area (Å²) in [6, 6.07) is 0.377. The van der Waals surface area contributed by atoms with Crippen LogP contribution in [-0.4, -0.2) is 53.1 Å². The molecule has 1 saturated heterocycles. The topological polar surface area (TPSA) is 98.7 Å². The van der Waals surface area contributed by atoms with Gasteiger partial charge in [0.15, 0.2) is 0 Å². The molecule has 2 fully saturated rings. The summed E-state index contributed by atoms with van der Waals surface area (Å²) in [5.41, 5.74) is 0. The van der Waals surface area contributed by atoms with Crippen molar-refractivity contribution in [1.82, 2.24) is 15.5 Å². The number of aliphatic carboxylic acids is 1. The molecule has 1 atom stereocenters. The highest BCUT2D eigenvalue weighted by Crippen LogP contribution is 2.29. The van der Waals surface area contributed by atoms with Crippen molar-refractivity contribution in [3.63, 3.8) is 0 Å². The van der Waals surface area contributed by atoms with Gasteiger partial charge in [-0.25, -0.2) is 4.79 Å². The minimum atomic E-state index is -0.866. The van der Waals surface area contributed by atoms with Gasteiger partial charge in [0.05, 0.1) is 0 Å². The van der Waals surface area contributed by atoms with E-state index < -0.39 is 12.0 Å². The molecule has 118 valence electrons. The van der Waals surface area contributed by atoms with Crippen molar-refractivity contribution in [3.8, 4) is 0 Å². The molecule has 0 bridgehead atoms. The Morgan fingerprint density at radius 1 is 1.10 bits per heavy atom. The van der Waals surface area contributed by atoms with Crippen LogP contribution in [-0.2, 0) is 9.59 Å². The molecule has 1 unspecified atom stereocenters. The zero-order valence-corrected chi connectivity index (χ0v) is 12.1. The lowest BCUT2D eigenvalue weighted by Gasteiger charge is -2.15. The Kier molecular flexibility index (Phi) is 5.55. The number of urea groups is 1. The van der Waals surface area contributed by atoms with E-state index in [-0.39, 0.29) is 24.8 Å². The number of carbonyl (C=O) groups is 3. The van der Waals surface area contributed by atoms with Crippen molar-refractivity contribution < 1.29 is 19.5 Å². The smallest absolute Gasteiger partial charge is 0.321 e. The summed E-state index contributed by atoms with van der Waals surface area (Å²) in [6.45, 7) is 1.88. The van der Waals surface area contributed by atoms with E-state index in [0.29, 0.717) is 18.9 Å². The predicted molar refractivity (Wildman–Crippen MR) is 75.8 cm³/mol. The molecule has 1 saturated carbocycles. The molecule has 1 aliphatic heterocycles. The van der Waals surface area contributed by atoms with Gasteiger partial charge in [0.1, 0.15) is 0 Å². The van der Waals surface area contributed by atoms with Crippen LogP contribution in [0.1, 0.15) is 44.9 Å². The lowest BCUT2D eigenvalue weighted by atomic mass is 10.2. The van der Waals surface area contributed by atoms with E-state index in [2.05, 4.69) is 15.5 Å². The Labute approximate surface area is 124 Å². The van der Waals surface area contributed by atoms with E-state index in [9.17, 15) is 14.4 Å². The second-order valence-corrected chi connectivity index (χ2v) is 5.83. The molecule has 21 heavy (non-hydrogen) atoms. The van der Waals surface area contributed by atoms with Crippen molar-refractivity contribution in [3.05, 3.63) is 0 Å². The third-order valence-corrected chi connectivity index (χ3v) is 3.92. The highest BCUT2D eigenvalue weighted by molar-refractivity contribution is 5.94. The number of hydrogen-bond donors (Lipinski definition) is 3. The number of nitrogens with one attached hydrogen (secondary N) is 2. The number of likely N-dealkylation sites (tertiary alicyclic amines) is 1. The van der Waals surface area contributed by atoms with Crippen LogP contribution >= 0.6 is 0 Å². The zero-order chi connectivity index (χ0) is 15.2. The van der Waals surface area contributed by atoms with Gasteiger partial charge in [0.25, 0.3) is 0 Å². The molecule has 7 nitrogen and oxygen atoms in total. The Bertz CT molecular complexity index is 409. The second kappa shape index (κ2) is 7.40. The fourth-order valence-electron chi connectivity index (χ4n) is 2.65. The normalized spacial score (nSPS) is 22.0. The Morgan fingerprint density at radius 2 is 1.81 bits per heavy atom. The number of amides is 3. The van der Waals surface area contributed by atoms with E-state index in [1.54, 1.807) is 0 Å². The minimum Gasteiger partial charge on any atom is -0.481 e. The lowest BCUT2D eigenvalue weighted by Crippen LogP contribution is -2.45. The van der Waals surface area contributed by atoms with Gasteiger partial charge in [0.2, 0.25) is 5.91 Å². The number of nitrogens with zero attached hydrogens (tertiary/aromatic N) is 1. The van der Waals surface area contributed by atoms with E-state index >= 15 is 0 Å². The molecule has 0 radical (unpaired) electrons. The third kappa shape index (κ3) is 5.71. The summed E-state index contributed by atoms with van der Waals surface area (Å²) >= 11 is 0. The minimum absolute atomic E-state index is 0.0541. The summed E-state index contributed by atoms with van der Waals surface area (Å²) < 4.78 is 0. The van der Waals surface area contributed by atoms with Crippen molar-refractivity contribution in [2.45, 2.75) is 57.0 Å². The van der Waals surface area contributed by atoms with Crippen molar-refractivity contribution in [2.75, 3.05) is 13.1 Å². The number of carboxylic acids is 1. The molecule has 3 amide bonds. The van der Waals surface area contributed by atoms with Gasteiger partial charge in [0, 0.05) is 38.0 Å². The molecule has 2 rings (SSSR count). The number of rotatable bonds is 7. The van der Waals surface area contributed by atoms with Crippen LogP contribution in [0.3, 0.4) is 0 Å². The Morgan fingerprint density at radius 3 is 2.48 bits per heavy atom. The van der Waals surface area contributed by atoms with Crippen LogP contribution in [0.15, 0.2) is 0 Å². The molecular formula is C14H23N3O4. The molecule has 0 aromatic carbocycles. The molecule has 0 aromatic heterocycles. The summed E-state index contributed by atoms with van der Waals surface area (Å²) in [5, 5.41) is 13.6. The van der Waals surface area contributed by atoms with Gasteiger partial charge in [-0.3, -0.25) is 19.8 Å². The van der Waals surface area contributed by atoms with Gasteiger partial charge in [-0.15, -0.1) is 0 Å². The third-order valence-electron chi connectivity index (χ3n) is 3.92. The first kappa shape index (κ1) is 15.8. The summed E-state index contributed by atoms with van der Waals surface area (Å²) in [6.07, 6.45) is 4.60. The van der Waals surface area contributed by atoms with Gasteiger partial charge < -0.3 is 10.4 Å². The standard InChI is InChI=1S/C14H23N3O4/c18-12(3-1-2-4-13(19)20)16-14(21)15-10-7-8-17(9-10)11-5-6-11/h10-11H,1-9H2,(H,19,20)(H2,15,16,18,21). The van der Waals surface area contributed by atoms with Gasteiger partial charge in [-0.2, -0.15) is 0 Å². The second-order valence-electron chi connectivity index (χ2n) is 5.83. The van der Waals surface area contributed by atoms with E-state index in [1.165, 1.54) is 12.8 Å². The summed E-state index contributed by atoms with van der Waals surface area (Å²) in [5.74, 6) is -1.22. The monoisotopic (exact) mass is 297 g/mol. The van der Waals surface area contributed by atoms with Gasteiger partial charge >= 0.3 is 12.0 Å². The fraction of sp³-hybridized carbons (Fsp3) is 0.786. The fourth-order valence-corrected chi connectivity index (χ4v) is 2.65. The van der Waals surface area contributed by atoms with Crippen LogP contribution in [0, 0.1) is 0 Å². The van der Waals surface area contributed by atoms with Crippen LogP contribution < -0.4 is 10.6 Å². The van der Waals surface area contributed by atoms with Crippen molar-refractivity contribution in [1.29, 1.82) is 0 Å². The Hall–Kier alpha value is -1.63. The largest absolute Gasteiger partial charge is 0.481 e. The van der Waals surface area contributed by atoms with E-state index in [0.717, 1.165) is 19.5 Å². The molecule has 7 heteroatoms. The maximum absolute atomic E-state index is 11.7. The average molecular weight is 297 g/mol. The molecule has 0 spiro atoms. The zero-order valence-electron chi connectivity index (χ0n) is 12.1. The van der Waals surface area contributed by atoms with Crippen LogP contribution in [0.5, 0.6) is 0 Å². The first-order valence-electron chi connectivity index (χ1n) is 7.61.